The van der Waals surface area contributed by atoms with Crippen LogP contribution in [0.4, 0.5) is 11.4 Å². The van der Waals surface area contributed by atoms with E-state index in [1.54, 1.807) is 6.92 Å². The van der Waals surface area contributed by atoms with Crippen molar-refractivity contribution in [3.8, 4) is 0 Å². The van der Waals surface area contributed by atoms with Crippen molar-refractivity contribution < 1.29 is 13.9 Å². The van der Waals surface area contributed by atoms with Gasteiger partial charge in [0, 0.05) is 34.9 Å². The summed E-state index contributed by atoms with van der Waals surface area (Å²) in [4.78, 5) is 22.2. The van der Waals surface area contributed by atoms with E-state index < -0.39 is 21.6 Å². The van der Waals surface area contributed by atoms with Crippen LogP contribution >= 0.6 is 0 Å². The van der Waals surface area contributed by atoms with Gasteiger partial charge in [-0.25, -0.2) is 0 Å². The minimum absolute atomic E-state index is 0.0553. The first-order valence-corrected chi connectivity index (χ1v) is 7.35. The molecule has 0 aliphatic heterocycles. The van der Waals surface area contributed by atoms with E-state index in [1.807, 2.05) is 0 Å². The molecule has 0 aliphatic rings. The molecule has 0 radical (unpaired) electrons. The van der Waals surface area contributed by atoms with E-state index in [0.717, 1.165) is 0 Å². The number of hydrazine groups is 1. The molecule has 1 rings (SSSR count). The van der Waals surface area contributed by atoms with Crippen molar-refractivity contribution in [2.45, 2.75) is 12.2 Å². The van der Waals surface area contributed by atoms with Crippen LogP contribution in [0.25, 0.3) is 0 Å². The van der Waals surface area contributed by atoms with Gasteiger partial charge in [0.2, 0.25) is 0 Å². The summed E-state index contributed by atoms with van der Waals surface area (Å²) in [6.07, 6.45) is 1.54. The fourth-order valence-electron chi connectivity index (χ4n) is 1.48. The van der Waals surface area contributed by atoms with Gasteiger partial charge in [-0.05, 0) is 13.0 Å². The molecule has 9 heteroatoms. The average Bonchev–Trinajstić information content (AvgIpc) is 2.42. The van der Waals surface area contributed by atoms with Crippen molar-refractivity contribution in [3.05, 3.63) is 33.9 Å². The van der Waals surface area contributed by atoms with E-state index in [2.05, 4.69) is 10.7 Å². The van der Waals surface area contributed by atoms with E-state index in [9.17, 15) is 19.1 Å². The number of carbonyl (C=O) groups excluding carboxylic acids is 1. The Morgan fingerprint density at radius 1 is 1.55 bits per heavy atom. The molecule has 0 heterocycles. The van der Waals surface area contributed by atoms with Gasteiger partial charge in [-0.15, -0.1) is 0 Å². The van der Waals surface area contributed by atoms with Gasteiger partial charge < -0.3 is 10.7 Å². The molecule has 110 valence electrons. The van der Waals surface area contributed by atoms with Crippen molar-refractivity contribution in [1.29, 1.82) is 0 Å². The minimum atomic E-state index is -1.07. The molecule has 0 spiro atoms. The highest BCUT2D eigenvalue weighted by Crippen LogP contribution is 2.27. The standard InChI is InChI=1S/C11H16N4O4S/c1-7(20(2)19)6-13-11(16)8-4-3-5-9(15(17)18)10(8)14-12/h3-5,7,14H,6,12H2,1-2H3,(H,13,16). The molecule has 0 bridgehead atoms. The summed E-state index contributed by atoms with van der Waals surface area (Å²) in [6, 6.07) is 4.07. The predicted octanol–water partition coefficient (Wildman–Crippen LogP) is 0.377. The lowest BCUT2D eigenvalue weighted by molar-refractivity contribution is -0.384. The van der Waals surface area contributed by atoms with E-state index in [0.29, 0.717) is 0 Å². The van der Waals surface area contributed by atoms with Gasteiger partial charge in [-0.1, -0.05) is 6.07 Å². The van der Waals surface area contributed by atoms with Gasteiger partial charge >= 0.3 is 0 Å². The summed E-state index contributed by atoms with van der Waals surface area (Å²) >= 11 is 0. The van der Waals surface area contributed by atoms with Crippen LogP contribution in [0.15, 0.2) is 18.2 Å². The maximum atomic E-state index is 12.0. The number of carbonyl (C=O) groups is 1. The van der Waals surface area contributed by atoms with Crippen LogP contribution in [-0.4, -0.2) is 33.1 Å². The van der Waals surface area contributed by atoms with E-state index in [1.165, 1.54) is 24.5 Å². The highest BCUT2D eigenvalue weighted by molar-refractivity contribution is 7.84. The lowest BCUT2D eigenvalue weighted by atomic mass is 10.1. The maximum Gasteiger partial charge on any atom is 0.294 e. The predicted molar refractivity (Wildman–Crippen MR) is 76.8 cm³/mol. The van der Waals surface area contributed by atoms with Gasteiger partial charge in [0.25, 0.3) is 11.6 Å². The van der Waals surface area contributed by atoms with Crippen LogP contribution in [0.5, 0.6) is 0 Å². The smallest absolute Gasteiger partial charge is 0.294 e. The van der Waals surface area contributed by atoms with Crippen molar-refractivity contribution in [2.24, 2.45) is 5.84 Å². The number of rotatable bonds is 6. The monoisotopic (exact) mass is 300 g/mol. The van der Waals surface area contributed by atoms with Gasteiger partial charge in [0.1, 0.15) is 5.69 Å². The second-order valence-corrected chi connectivity index (χ2v) is 5.92. The fraction of sp³-hybridized carbons (Fsp3) is 0.364. The van der Waals surface area contributed by atoms with Crippen LogP contribution in [0.3, 0.4) is 0 Å². The Kier molecular flexibility index (Phi) is 5.59. The Labute approximate surface area is 118 Å². The van der Waals surface area contributed by atoms with E-state index in [-0.39, 0.29) is 28.7 Å². The maximum absolute atomic E-state index is 12.0. The summed E-state index contributed by atoms with van der Waals surface area (Å²) in [5.74, 6) is 4.73. The molecule has 1 amide bonds. The zero-order valence-electron chi connectivity index (χ0n) is 11.1. The topological polar surface area (TPSA) is 127 Å². The number of nitrogen functional groups attached to an aromatic ring is 1. The van der Waals surface area contributed by atoms with Gasteiger partial charge in [0.05, 0.1) is 10.5 Å². The summed E-state index contributed by atoms with van der Waals surface area (Å²) < 4.78 is 11.2. The lowest BCUT2D eigenvalue weighted by Gasteiger charge is -2.12. The normalized spacial score (nSPS) is 13.3. The van der Waals surface area contributed by atoms with Crippen LogP contribution in [0, 0.1) is 10.1 Å². The van der Waals surface area contributed by atoms with E-state index >= 15 is 0 Å². The Morgan fingerprint density at radius 3 is 2.70 bits per heavy atom. The molecule has 0 saturated carbocycles. The number of nitrogens with one attached hydrogen (secondary N) is 2. The van der Waals surface area contributed by atoms with Crippen molar-refractivity contribution in [1.82, 2.24) is 5.32 Å². The molecule has 0 fully saturated rings. The third kappa shape index (κ3) is 3.75. The molecular weight excluding hydrogens is 284 g/mol. The number of anilines is 1. The molecule has 0 aliphatic carbocycles. The second kappa shape index (κ2) is 6.96. The molecule has 8 nitrogen and oxygen atoms in total. The summed E-state index contributed by atoms with van der Waals surface area (Å²) in [5.41, 5.74) is 1.90. The van der Waals surface area contributed by atoms with Crippen LogP contribution in [0.1, 0.15) is 17.3 Å². The zero-order valence-corrected chi connectivity index (χ0v) is 11.9. The molecule has 1 aromatic carbocycles. The fourth-order valence-corrected chi connectivity index (χ4v) is 1.80. The third-order valence-corrected chi connectivity index (χ3v) is 4.04. The molecule has 0 saturated heterocycles. The lowest BCUT2D eigenvalue weighted by Crippen LogP contribution is -2.33. The highest BCUT2D eigenvalue weighted by Gasteiger charge is 2.21. The highest BCUT2D eigenvalue weighted by atomic mass is 32.2. The number of nitro benzene ring substituents is 1. The first kappa shape index (κ1) is 16.1. The zero-order chi connectivity index (χ0) is 15.3. The van der Waals surface area contributed by atoms with Crippen LogP contribution in [0.2, 0.25) is 0 Å². The minimum Gasteiger partial charge on any atom is -0.351 e. The second-order valence-electron chi connectivity index (χ2n) is 4.12. The first-order valence-electron chi connectivity index (χ1n) is 5.73. The number of benzene rings is 1. The van der Waals surface area contributed by atoms with Crippen molar-refractivity contribution in [3.63, 3.8) is 0 Å². The molecule has 4 N–H and O–H groups in total. The summed E-state index contributed by atoms with van der Waals surface area (Å²) in [7, 11) is -1.07. The van der Waals surface area contributed by atoms with Gasteiger partial charge in [-0.3, -0.25) is 25.0 Å². The number of para-hydroxylation sites is 1. The molecule has 1 aromatic rings. The number of amides is 1. The number of nitro groups is 1. The molecule has 2 unspecified atom stereocenters. The third-order valence-electron chi connectivity index (χ3n) is 2.74. The van der Waals surface area contributed by atoms with Crippen molar-refractivity contribution in [2.75, 3.05) is 18.2 Å². The number of nitrogens with zero attached hydrogens (tertiary/aromatic N) is 1. The van der Waals surface area contributed by atoms with Crippen molar-refractivity contribution >= 4 is 28.1 Å². The molecule has 2 atom stereocenters. The first-order chi connectivity index (χ1) is 9.38. The SMILES string of the molecule is CC(CNC(=O)c1cccc([N+](=O)[O-])c1NN)S(C)=O. The Balaban J connectivity index is 2.96. The van der Waals surface area contributed by atoms with Gasteiger partial charge in [0.15, 0.2) is 0 Å². The average molecular weight is 300 g/mol. The Morgan fingerprint density at radius 2 is 2.20 bits per heavy atom. The number of hydrogen-bond acceptors (Lipinski definition) is 6. The van der Waals surface area contributed by atoms with E-state index in [4.69, 9.17) is 5.84 Å². The Bertz CT molecular complexity index is 549. The summed E-state index contributed by atoms with van der Waals surface area (Å²) in [6.45, 7) is 1.93. The molecule has 0 aromatic heterocycles. The van der Waals surface area contributed by atoms with Crippen LogP contribution < -0.4 is 16.6 Å². The Hall–Kier alpha value is -2.00. The molecular formula is C11H16N4O4S. The number of nitrogens with two attached hydrogens (primary N) is 1. The van der Waals surface area contributed by atoms with Crippen LogP contribution in [-0.2, 0) is 10.8 Å². The molecule has 20 heavy (non-hydrogen) atoms. The largest absolute Gasteiger partial charge is 0.351 e. The quantitative estimate of drug-likeness (QED) is 0.396. The summed E-state index contributed by atoms with van der Waals surface area (Å²) in [5, 5.41) is 13.2. The van der Waals surface area contributed by atoms with Gasteiger partial charge in [-0.2, -0.15) is 0 Å². The number of hydrogen-bond donors (Lipinski definition) is 3.